The van der Waals surface area contributed by atoms with E-state index in [-0.39, 0.29) is 12.4 Å². The molecule has 1 N–H and O–H groups in total. The van der Waals surface area contributed by atoms with Crippen molar-refractivity contribution < 1.29 is 14.6 Å². The van der Waals surface area contributed by atoms with Gasteiger partial charge in [0.2, 0.25) is 0 Å². The third kappa shape index (κ3) is 4.83. The number of aliphatic hydroxyl groups excluding tert-OH is 1. The van der Waals surface area contributed by atoms with Crippen LogP contribution in [0.3, 0.4) is 0 Å². The van der Waals surface area contributed by atoms with E-state index in [0.29, 0.717) is 24.7 Å². The minimum Gasteiger partial charge on any atom is -0.496 e. The number of hydrogen-bond acceptors (Lipinski definition) is 4. The van der Waals surface area contributed by atoms with Gasteiger partial charge in [-0.05, 0) is 38.0 Å². The van der Waals surface area contributed by atoms with E-state index in [4.69, 9.17) is 4.74 Å². The number of hydrogen-bond donors (Lipinski definition) is 1. The molecule has 0 saturated carbocycles. The highest BCUT2D eigenvalue weighted by molar-refractivity contribution is 5.94. The number of nitrogens with zero attached hydrogens (tertiary/aromatic N) is 1. The van der Waals surface area contributed by atoms with Crippen molar-refractivity contribution in [3.8, 4) is 5.75 Å². The Morgan fingerprint density at radius 3 is 2.48 bits per heavy atom. The molecule has 21 heavy (non-hydrogen) atoms. The van der Waals surface area contributed by atoms with Crippen molar-refractivity contribution in [1.29, 1.82) is 0 Å². The van der Waals surface area contributed by atoms with Gasteiger partial charge < -0.3 is 9.84 Å². The van der Waals surface area contributed by atoms with Crippen LogP contribution < -0.4 is 4.74 Å². The molecule has 0 fully saturated rings. The summed E-state index contributed by atoms with van der Waals surface area (Å²) in [6.45, 7) is 7.31. The smallest absolute Gasteiger partial charge is 0.159 e. The summed E-state index contributed by atoms with van der Waals surface area (Å²) in [5.41, 5.74) is 1.69. The Labute approximate surface area is 127 Å². The lowest BCUT2D eigenvalue weighted by Gasteiger charge is -2.30. The third-order valence-electron chi connectivity index (χ3n) is 3.91. The number of aliphatic hydroxyl groups is 1. The standard InChI is InChI=1S/C17H27NO3/c1-5-16(6-2)18(9-10-19)12-15-11-14(13(3)20)7-8-17(15)21-4/h7-8,11,16,19H,5-6,9-10,12H2,1-4H3. The van der Waals surface area contributed by atoms with Crippen LogP contribution in [0.5, 0.6) is 5.75 Å². The highest BCUT2D eigenvalue weighted by Crippen LogP contribution is 2.23. The maximum atomic E-state index is 11.6. The predicted octanol–water partition coefficient (Wildman–Crippen LogP) is 2.88. The molecule has 1 rings (SSSR count). The number of carbonyl (C=O) groups excluding carboxylic acids is 1. The third-order valence-corrected chi connectivity index (χ3v) is 3.91. The molecule has 1 aromatic carbocycles. The van der Waals surface area contributed by atoms with Crippen molar-refractivity contribution in [2.75, 3.05) is 20.3 Å². The SMILES string of the molecule is CCC(CC)N(CCO)Cc1cc(C(C)=O)ccc1OC. The van der Waals surface area contributed by atoms with E-state index < -0.39 is 0 Å². The summed E-state index contributed by atoms with van der Waals surface area (Å²) in [5, 5.41) is 9.30. The fourth-order valence-electron chi connectivity index (χ4n) is 2.66. The molecule has 0 spiro atoms. The van der Waals surface area contributed by atoms with Crippen LogP contribution in [0.1, 0.15) is 49.5 Å². The van der Waals surface area contributed by atoms with Gasteiger partial charge in [-0.25, -0.2) is 0 Å². The zero-order valence-corrected chi connectivity index (χ0v) is 13.6. The van der Waals surface area contributed by atoms with Crippen molar-refractivity contribution >= 4 is 5.78 Å². The van der Waals surface area contributed by atoms with Gasteiger partial charge in [0.05, 0.1) is 13.7 Å². The van der Waals surface area contributed by atoms with E-state index in [2.05, 4.69) is 18.7 Å². The second kappa shape index (κ2) is 8.80. The lowest BCUT2D eigenvalue weighted by molar-refractivity contribution is 0.101. The van der Waals surface area contributed by atoms with Crippen LogP contribution in [0, 0.1) is 0 Å². The van der Waals surface area contributed by atoms with Gasteiger partial charge in [-0.3, -0.25) is 9.69 Å². The predicted molar refractivity (Wildman–Crippen MR) is 84.9 cm³/mol. The van der Waals surface area contributed by atoms with Crippen LogP contribution in [-0.4, -0.2) is 42.1 Å². The summed E-state index contributed by atoms with van der Waals surface area (Å²) in [7, 11) is 1.64. The number of carbonyl (C=O) groups is 1. The molecule has 0 aliphatic carbocycles. The first-order valence-corrected chi connectivity index (χ1v) is 7.60. The maximum Gasteiger partial charge on any atom is 0.159 e. The van der Waals surface area contributed by atoms with E-state index >= 15 is 0 Å². The van der Waals surface area contributed by atoms with Crippen LogP contribution in [0.2, 0.25) is 0 Å². The topological polar surface area (TPSA) is 49.8 Å². The Hall–Kier alpha value is -1.39. The first-order valence-electron chi connectivity index (χ1n) is 7.60. The van der Waals surface area contributed by atoms with Crippen LogP contribution >= 0.6 is 0 Å². The normalized spacial score (nSPS) is 11.2. The molecule has 4 nitrogen and oxygen atoms in total. The average molecular weight is 293 g/mol. The fourth-order valence-corrected chi connectivity index (χ4v) is 2.66. The highest BCUT2D eigenvalue weighted by Gasteiger charge is 2.17. The number of methoxy groups -OCH3 is 1. The van der Waals surface area contributed by atoms with Crippen LogP contribution in [0.15, 0.2) is 18.2 Å². The molecule has 0 saturated heterocycles. The van der Waals surface area contributed by atoms with E-state index in [1.807, 2.05) is 12.1 Å². The summed E-state index contributed by atoms with van der Waals surface area (Å²) >= 11 is 0. The molecule has 0 aliphatic heterocycles. The van der Waals surface area contributed by atoms with Crippen molar-refractivity contribution in [3.63, 3.8) is 0 Å². The van der Waals surface area contributed by atoms with Crippen molar-refractivity contribution in [3.05, 3.63) is 29.3 Å². The molecule has 0 atom stereocenters. The van der Waals surface area contributed by atoms with Gasteiger partial charge in [-0.15, -0.1) is 0 Å². The van der Waals surface area contributed by atoms with Crippen LogP contribution in [0.25, 0.3) is 0 Å². The van der Waals surface area contributed by atoms with Gasteiger partial charge in [0.1, 0.15) is 5.75 Å². The van der Waals surface area contributed by atoms with Gasteiger partial charge in [0, 0.05) is 30.3 Å². The quantitative estimate of drug-likeness (QED) is 0.711. The molecule has 0 radical (unpaired) electrons. The molecule has 0 bridgehead atoms. The van der Waals surface area contributed by atoms with Crippen LogP contribution in [-0.2, 0) is 6.54 Å². The van der Waals surface area contributed by atoms with Gasteiger partial charge >= 0.3 is 0 Å². The van der Waals surface area contributed by atoms with Gasteiger partial charge in [0.25, 0.3) is 0 Å². The summed E-state index contributed by atoms with van der Waals surface area (Å²) in [6.07, 6.45) is 2.07. The molecule has 0 heterocycles. The lowest BCUT2D eigenvalue weighted by Crippen LogP contribution is -2.36. The number of ether oxygens (including phenoxy) is 1. The lowest BCUT2D eigenvalue weighted by atomic mass is 10.0. The fraction of sp³-hybridized carbons (Fsp3) is 0.588. The average Bonchev–Trinajstić information content (AvgIpc) is 2.48. The van der Waals surface area contributed by atoms with E-state index in [9.17, 15) is 9.90 Å². The monoisotopic (exact) mass is 293 g/mol. The van der Waals surface area contributed by atoms with Crippen LogP contribution in [0.4, 0.5) is 0 Å². The first-order chi connectivity index (χ1) is 10.1. The molecule has 118 valence electrons. The second-order valence-corrected chi connectivity index (χ2v) is 5.25. The number of benzene rings is 1. The zero-order chi connectivity index (χ0) is 15.8. The number of ketones is 1. The number of rotatable bonds is 9. The van der Waals surface area contributed by atoms with Gasteiger partial charge in [0.15, 0.2) is 5.78 Å². The molecule has 0 amide bonds. The minimum atomic E-state index is 0.0511. The summed E-state index contributed by atoms with van der Waals surface area (Å²) in [5.74, 6) is 0.837. The Bertz CT molecular complexity index is 455. The minimum absolute atomic E-state index is 0.0511. The Morgan fingerprint density at radius 2 is 2.00 bits per heavy atom. The van der Waals surface area contributed by atoms with Gasteiger partial charge in [-0.2, -0.15) is 0 Å². The van der Waals surface area contributed by atoms with E-state index in [0.717, 1.165) is 24.2 Å². The Kier molecular flexibility index (Phi) is 7.40. The molecule has 4 heteroatoms. The van der Waals surface area contributed by atoms with E-state index in [1.54, 1.807) is 20.1 Å². The summed E-state index contributed by atoms with van der Waals surface area (Å²) in [4.78, 5) is 13.8. The van der Waals surface area contributed by atoms with E-state index in [1.165, 1.54) is 0 Å². The van der Waals surface area contributed by atoms with Crippen molar-refractivity contribution in [2.45, 2.75) is 46.2 Å². The molecule has 1 aromatic rings. The zero-order valence-electron chi connectivity index (χ0n) is 13.6. The number of Topliss-reactive ketones (excluding diaryl/α,β-unsaturated/α-hetero) is 1. The molecule has 0 aliphatic rings. The van der Waals surface area contributed by atoms with Crippen molar-refractivity contribution in [1.82, 2.24) is 4.90 Å². The second-order valence-electron chi connectivity index (χ2n) is 5.25. The molecular formula is C17H27NO3. The Morgan fingerprint density at radius 1 is 1.33 bits per heavy atom. The molecule has 0 aromatic heterocycles. The van der Waals surface area contributed by atoms with Crippen molar-refractivity contribution in [2.24, 2.45) is 0 Å². The first kappa shape index (κ1) is 17.7. The molecular weight excluding hydrogens is 266 g/mol. The maximum absolute atomic E-state index is 11.6. The highest BCUT2D eigenvalue weighted by atomic mass is 16.5. The molecule has 0 unspecified atom stereocenters. The largest absolute Gasteiger partial charge is 0.496 e. The van der Waals surface area contributed by atoms with Gasteiger partial charge in [-0.1, -0.05) is 13.8 Å². The summed E-state index contributed by atoms with van der Waals surface area (Å²) in [6, 6.07) is 5.95. The Balaban J connectivity index is 3.05. The summed E-state index contributed by atoms with van der Waals surface area (Å²) < 4.78 is 5.41.